The van der Waals surface area contributed by atoms with Crippen LogP contribution in [0.25, 0.3) is 0 Å². The van der Waals surface area contributed by atoms with E-state index >= 15 is 0 Å². The summed E-state index contributed by atoms with van der Waals surface area (Å²) in [5.74, 6) is 1.60. The van der Waals surface area contributed by atoms with Crippen molar-refractivity contribution in [2.75, 3.05) is 13.2 Å². The van der Waals surface area contributed by atoms with E-state index in [-0.39, 0.29) is 12.5 Å². The molecule has 1 aromatic carbocycles. The lowest BCUT2D eigenvalue weighted by Gasteiger charge is -2.22. The van der Waals surface area contributed by atoms with Crippen LogP contribution in [0.1, 0.15) is 31.2 Å². The van der Waals surface area contributed by atoms with Crippen LogP contribution in [0.3, 0.4) is 0 Å². The minimum atomic E-state index is 0.127. The minimum Gasteiger partial charge on any atom is -0.484 e. The lowest BCUT2D eigenvalue weighted by molar-refractivity contribution is -0.134. The molecule has 0 aromatic heterocycles. The summed E-state index contributed by atoms with van der Waals surface area (Å²) in [6.45, 7) is 1.60. The summed E-state index contributed by atoms with van der Waals surface area (Å²) in [6, 6.07) is 8.09. The first-order chi connectivity index (χ1) is 9.76. The van der Waals surface area contributed by atoms with E-state index in [4.69, 9.17) is 10.5 Å². The van der Waals surface area contributed by atoms with E-state index in [0.29, 0.717) is 12.6 Å². The van der Waals surface area contributed by atoms with Gasteiger partial charge >= 0.3 is 0 Å². The van der Waals surface area contributed by atoms with Crippen molar-refractivity contribution in [3.05, 3.63) is 29.8 Å². The lowest BCUT2D eigenvalue weighted by atomic mass is 10.2. The van der Waals surface area contributed by atoms with Crippen molar-refractivity contribution in [3.8, 4) is 5.75 Å². The van der Waals surface area contributed by atoms with Crippen molar-refractivity contribution in [2.45, 2.75) is 38.3 Å². The quantitative estimate of drug-likeness (QED) is 0.826. The molecule has 0 heterocycles. The monoisotopic (exact) mass is 274 g/mol. The molecule has 1 aromatic rings. The molecule has 108 valence electrons. The maximum absolute atomic E-state index is 12.3. The van der Waals surface area contributed by atoms with Crippen LogP contribution in [0.5, 0.6) is 5.75 Å². The summed E-state index contributed by atoms with van der Waals surface area (Å²) in [4.78, 5) is 14.3. The predicted octanol–water partition coefficient (Wildman–Crippen LogP) is 1.93. The molecule has 1 amide bonds. The first-order valence-electron chi connectivity index (χ1n) is 7.47. The summed E-state index contributed by atoms with van der Waals surface area (Å²) in [5.41, 5.74) is 6.62. The third-order valence-corrected chi connectivity index (χ3v) is 3.98. The van der Waals surface area contributed by atoms with Crippen LogP contribution < -0.4 is 10.5 Å². The molecular formula is C16H22N2O2. The van der Waals surface area contributed by atoms with E-state index in [9.17, 15) is 4.79 Å². The Bertz CT molecular complexity index is 464. The Morgan fingerprint density at radius 1 is 1.20 bits per heavy atom. The Kier molecular flexibility index (Phi) is 3.92. The molecule has 0 bridgehead atoms. The third-order valence-electron chi connectivity index (χ3n) is 3.98. The maximum atomic E-state index is 12.3. The second kappa shape index (κ2) is 5.83. The van der Waals surface area contributed by atoms with Crippen LogP contribution in [0, 0.1) is 5.92 Å². The Balaban J connectivity index is 1.51. The first kappa shape index (κ1) is 13.4. The first-order valence-corrected chi connectivity index (χ1v) is 7.47. The molecular weight excluding hydrogens is 252 g/mol. The second-order valence-corrected chi connectivity index (χ2v) is 5.86. The van der Waals surface area contributed by atoms with Crippen molar-refractivity contribution in [2.24, 2.45) is 11.7 Å². The molecule has 0 unspecified atom stereocenters. The SMILES string of the molecule is NCc1ccc(OCC(=O)N(CC2CC2)C2CC2)cc1. The molecule has 0 saturated heterocycles. The van der Waals surface area contributed by atoms with E-state index in [2.05, 4.69) is 0 Å². The minimum absolute atomic E-state index is 0.127. The van der Waals surface area contributed by atoms with Crippen molar-refractivity contribution >= 4 is 5.91 Å². The number of hydrogen-bond acceptors (Lipinski definition) is 3. The van der Waals surface area contributed by atoms with Gasteiger partial charge in [0, 0.05) is 19.1 Å². The van der Waals surface area contributed by atoms with Crippen LogP contribution in [0.15, 0.2) is 24.3 Å². The Hall–Kier alpha value is -1.55. The van der Waals surface area contributed by atoms with Crippen LogP contribution in [-0.2, 0) is 11.3 Å². The zero-order valence-electron chi connectivity index (χ0n) is 11.8. The molecule has 2 N–H and O–H groups in total. The number of hydrogen-bond donors (Lipinski definition) is 1. The molecule has 2 saturated carbocycles. The molecule has 0 spiro atoms. The Morgan fingerprint density at radius 3 is 2.45 bits per heavy atom. The highest BCUT2D eigenvalue weighted by Gasteiger charge is 2.36. The average Bonchev–Trinajstić information content (AvgIpc) is 3.36. The Labute approximate surface area is 119 Å². The van der Waals surface area contributed by atoms with Gasteiger partial charge in [-0.25, -0.2) is 0 Å². The summed E-state index contributed by atoms with van der Waals surface area (Å²) >= 11 is 0. The fourth-order valence-corrected chi connectivity index (χ4v) is 2.37. The Morgan fingerprint density at radius 2 is 1.90 bits per heavy atom. The van der Waals surface area contributed by atoms with Gasteiger partial charge in [0.1, 0.15) is 5.75 Å². The van der Waals surface area contributed by atoms with Gasteiger partial charge in [-0.05, 0) is 49.3 Å². The van der Waals surface area contributed by atoms with E-state index in [1.165, 1.54) is 12.8 Å². The fourth-order valence-electron chi connectivity index (χ4n) is 2.37. The van der Waals surface area contributed by atoms with Gasteiger partial charge in [0.2, 0.25) is 0 Å². The summed E-state index contributed by atoms with van der Waals surface area (Å²) < 4.78 is 5.60. The molecule has 3 rings (SSSR count). The number of carbonyl (C=O) groups is 1. The number of amides is 1. The van der Waals surface area contributed by atoms with Gasteiger partial charge < -0.3 is 15.4 Å². The van der Waals surface area contributed by atoms with Gasteiger partial charge in [-0.15, -0.1) is 0 Å². The van der Waals surface area contributed by atoms with E-state index < -0.39 is 0 Å². The van der Waals surface area contributed by atoms with Gasteiger partial charge in [0.05, 0.1) is 0 Å². The molecule has 2 aliphatic rings. The molecule has 0 atom stereocenters. The number of rotatable bonds is 7. The highest BCUT2D eigenvalue weighted by molar-refractivity contribution is 5.78. The molecule has 0 radical (unpaired) electrons. The van der Waals surface area contributed by atoms with Crippen molar-refractivity contribution in [3.63, 3.8) is 0 Å². The average molecular weight is 274 g/mol. The standard InChI is InChI=1S/C16H22N2O2/c17-9-12-3-7-15(8-4-12)20-11-16(19)18(14-5-6-14)10-13-1-2-13/h3-4,7-8,13-14H,1-2,5-6,9-11,17H2. The topological polar surface area (TPSA) is 55.6 Å². The number of nitrogens with zero attached hydrogens (tertiary/aromatic N) is 1. The molecule has 4 heteroatoms. The number of nitrogens with two attached hydrogens (primary N) is 1. The number of ether oxygens (including phenoxy) is 1. The maximum Gasteiger partial charge on any atom is 0.260 e. The van der Waals surface area contributed by atoms with E-state index in [1.807, 2.05) is 29.2 Å². The van der Waals surface area contributed by atoms with Gasteiger partial charge in [-0.1, -0.05) is 12.1 Å². The summed E-state index contributed by atoms with van der Waals surface area (Å²) in [6.07, 6.45) is 4.86. The molecule has 2 aliphatic carbocycles. The third kappa shape index (κ3) is 3.51. The van der Waals surface area contributed by atoms with E-state index in [0.717, 1.165) is 36.6 Å². The lowest BCUT2D eigenvalue weighted by Crippen LogP contribution is -2.38. The number of benzene rings is 1. The fraction of sp³-hybridized carbons (Fsp3) is 0.562. The van der Waals surface area contributed by atoms with Crippen LogP contribution in [-0.4, -0.2) is 30.0 Å². The summed E-state index contributed by atoms with van der Waals surface area (Å²) in [7, 11) is 0. The van der Waals surface area contributed by atoms with Gasteiger partial charge in [0.25, 0.3) is 5.91 Å². The van der Waals surface area contributed by atoms with Gasteiger partial charge in [-0.3, -0.25) is 4.79 Å². The van der Waals surface area contributed by atoms with Gasteiger partial charge in [0.15, 0.2) is 6.61 Å². The number of carbonyl (C=O) groups excluding carboxylic acids is 1. The van der Waals surface area contributed by atoms with Crippen LogP contribution in [0.4, 0.5) is 0 Å². The van der Waals surface area contributed by atoms with Crippen molar-refractivity contribution in [1.29, 1.82) is 0 Å². The van der Waals surface area contributed by atoms with Crippen LogP contribution in [0.2, 0.25) is 0 Å². The van der Waals surface area contributed by atoms with E-state index in [1.54, 1.807) is 0 Å². The molecule has 0 aliphatic heterocycles. The largest absolute Gasteiger partial charge is 0.484 e. The predicted molar refractivity (Wildman–Crippen MR) is 77.3 cm³/mol. The zero-order chi connectivity index (χ0) is 13.9. The normalized spacial score (nSPS) is 17.9. The van der Waals surface area contributed by atoms with Crippen molar-refractivity contribution < 1.29 is 9.53 Å². The second-order valence-electron chi connectivity index (χ2n) is 5.86. The zero-order valence-corrected chi connectivity index (χ0v) is 11.8. The summed E-state index contributed by atoms with van der Waals surface area (Å²) in [5, 5.41) is 0. The van der Waals surface area contributed by atoms with Gasteiger partial charge in [-0.2, -0.15) is 0 Å². The highest BCUT2D eigenvalue weighted by Crippen LogP contribution is 2.34. The molecule has 4 nitrogen and oxygen atoms in total. The molecule has 2 fully saturated rings. The highest BCUT2D eigenvalue weighted by atomic mass is 16.5. The molecule has 20 heavy (non-hydrogen) atoms. The smallest absolute Gasteiger partial charge is 0.260 e. The van der Waals surface area contributed by atoms with Crippen LogP contribution >= 0.6 is 0 Å². The van der Waals surface area contributed by atoms with Crippen molar-refractivity contribution in [1.82, 2.24) is 4.90 Å².